The van der Waals surface area contributed by atoms with Crippen LogP contribution in [0.4, 0.5) is 0 Å². The molecule has 0 radical (unpaired) electrons. The monoisotopic (exact) mass is 470 g/mol. The van der Waals surface area contributed by atoms with Gasteiger partial charge in [-0.1, -0.05) is 18.2 Å². The molecule has 4 rings (SSSR count). The van der Waals surface area contributed by atoms with Crippen LogP contribution in [0.3, 0.4) is 0 Å². The quantitative estimate of drug-likeness (QED) is 0.367. The second kappa shape index (κ2) is 11.0. The average molecular weight is 471 g/mol. The lowest BCUT2D eigenvalue weighted by molar-refractivity contribution is -0.116. The van der Waals surface area contributed by atoms with Crippen LogP contribution in [0.25, 0.3) is 23.0 Å². The molecule has 4 aromatic rings. The third kappa shape index (κ3) is 5.50. The van der Waals surface area contributed by atoms with E-state index >= 15 is 0 Å². The molecule has 1 amide bonds. The van der Waals surface area contributed by atoms with E-state index in [0.29, 0.717) is 23.8 Å². The maximum absolute atomic E-state index is 12.6. The Kier molecular flexibility index (Phi) is 7.42. The summed E-state index contributed by atoms with van der Waals surface area (Å²) >= 11 is 0. The molecular formula is C27H26N4O4. The first kappa shape index (κ1) is 23.6. The Morgan fingerprint density at radius 1 is 1.00 bits per heavy atom. The zero-order valence-electron chi connectivity index (χ0n) is 19.8. The van der Waals surface area contributed by atoms with Crippen LogP contribution in [0, 0.1) is 0 Å². The van der Waals surface area contributed by atoms with E-state index in [4.69, 9.17) is 19.3 Å². The van der Waals surface area contributed by atoms with Crippen molar-refractivity contribution in [3.8, 4) is 34.2 Å². The van der Waals surface area contributed by atoms with Crippen molar-refractivity contribution < 1.29 is 19.0 Å². The van der Waals surface area contributed by atoms with Gasteiger partial charge in [-0.15, -0.1) is 0 Å². The number of hydrogen-bond donors (Lipinski definition) is 1. The van der Waals surface area contributed by atoms with Crippen LogP contribution in [-0.4, -0.2) is 42.0 Å². The second-order valence-corrected chi connectivity index (χ2v) is 7.54. The number of ether oxygens (including phenoxy) is 3. The molecule has 8 nitrogen and oxygen atoms in total. The van der Waals surface area contributed by atoms with Crippen molar-refractivity contribution in [2.24, 2.45) is 0 Å². The lowest BCUT2D eigenvalue weighted by Gasteiger charge is -2.14. The standard InChI is InChI=1S/C27H26N4O4/c1-33-23-14-19(15-24(34-2)27(23)35-3)16-29-25(32)12-11-21-18-31(22-9-5-4-6-10-22)30-26(21)20-8-7-13-28-17-20/h4-15,17-18H,16H2,1-3H3,(H,29,32)/b12-11+. The molecule has 0 aliphatic carbocycles. The fourth-order valence-corrected chi connectivity index (χ4v) is 3.60. The number of nitrogens with one attached hydrogen (secondary N) is 1. The van der Waals surface area contributed by atoms with Gasteiger partial charge < -0.3 is 19.5 Å². The summed E-state index contributed by atoms with van der Waals surface area (Å²) in [5.74, 6) is 1.31. The van der Waals surface area contributed by atoms with E-state index in [1.807, 2.05) is 48.7 Å². The van der Waals surface area contributed by atoms with Gasteiger partial charge in [-0.25, -0.2) is 4.68 Å². The van der Waals surface area contributed by atoms with Gasteiger partial charge in [-0.3, -0.25) is 9.78 Å². The van der Waals surface area contributed by atoms with Gasteiger partial charge in [0.1, 0.15) is 5.69 Å². The van der Waals surface area contributed by atoms with Crippen LogP contribution in [0.1, 0.15) is 11.1 Å². The van der Waals surface area contributed by atoms with Gasteiger partial charge in [-0.05, 0) is 48.0 Å². The Bertz CT molecular complexity index is 1290. The number of nitrogens with zero attached hydrogens (tertiary/aromatic N) is 3. The fourth-order valence-electron chi connectivity index (χ4n) is 3.60. The van der Waals surface area contributed by atoms with Crippen LogP contribution in [0.15, 0.2) is 79.3 Å². The Morgan fingerprint density at radius 2 is 1.74 bits per heavy atom. The Balaban J connectivity index is 1.54. The second-order valence-electron chi connectivity index (χ2n) is 7.54. The summed E-state index contributed by atoms with van der Waals surface area (Å²) in [6, 6.07) is 17.2. The normalized spacial score (nSPS) is 10.8. The minimum absolute atomic E-state index is 0.247. The Morgan fingerprint density at radius 3 is 2.37 bits per heavy atom. The lowest BCUT2D eigenvalue weighted by atomic mass is 10.1. The van der Waals surface area contributed by atoms with Crippen molar-refractivity contribution in [1.29, 1.82) is 0 Å². The predicted molar refractivity (Wildman–Crippen MR) is 134 cm³/mol. The van der Waals surface area contributed by atoms with Crippen molar-refractivity contribution in [2.75, 3.05) is 21.3 Å². The highest BCUT2D eigenvalue weighted by Gasteiger charge is 2.14. The summed E-state index contributed by atoms with van der Waals surface area (Å²) in [6.07, 6.45) is 8.59. The number of methoxy groups -OCH3 is 3. The lowest BCUT2D eigenvalue weighted by Crippen LogP contribution is -2.20. The van der Waals surface area contributed by atoms with E-state index in [9.17, 15) is 4.79 Å². The molecule has 0 unspecified atom stereocenters. The number of hydrogen-bond acceptors (Lipinski definition) is 6. The molecule has 0 atom stereocenters. The molecule has 8 heteroatoms. The molecule has 35 heavy (non-hydrogen) atoms. The van der Waals surface area contributed by atoms with Crippen molar-refractivity contribution in [3.63, 3.8) is 0 Å². The highest BCUT2D eigenvalue weighted by Crippen LogP contribution is 2.38. The van der Waals surface area contributed by atoms with Crippen LogP contribution in [0.2, 0.25) is 0 Å². The average Bonchev–Trinajstić information content (AvgIpc) is 3.35. The molecule has 0 saturated carbocycles. The molecule has 0 fully saturated rings. The number of pyridine rings is 1. The SMILES string of the molecule is COc1cc(CNC(=O)/C=C/c2cn(-c3ccccc3)nc2-c2cccnc2)cc(OC)c1OC. The molecule has 0 aliphatic heterocycles. The third-order valence-corrected chi connectivity index (χ3v) is 5.30. The number of rotatable bonds is 9. The van der Waals surface area contributed by atoms with Gasteiger partial charge >= 0.3 is 0 Å². The first-order valence-corrected chi connectivity index (χ1v) is 10.9. The first-order valence-electron chi connectivity index (χ1n) is 10.9. The maximum Gasteiger partial charge on any atom is 0.244 e. The Hall–Kier alpha value is -4.59. The molecule has 0 spiro atoms. The van der Waals surface area contributed by atoms with E-state index in [-0.39, 0.29) is 5.91 Å². The van der Waals surface area contributed by atoms with Crippen LogP contribution < -0.4 is 19.5 Å². The molecule has 178 valence electrons. The van der Waals surface area contributed by atoms with Crippen molar-refractivity contribution in [1.82, 2.24) is 20.1 Å². The number of para-hydroxylation sites is 1. The van der Waals surface area contributed by atoms with Crippen LogP contribution >= 0.6 is 0 Å². The van der Waals surface area contributed by atoms with Crippen LogP contribution in [0.5, 0.6) is 17.2 Å². The summed E-state index contributed by atoms with van der Waals surface area (Å²) in [7, 11) is 4.65. The van der Waals surface area contributed by atoms with Crippen LogP contribution in [-0.2, 0) is 11.3 Å². The van der Waals surface area contributed by atoms with Crippen molar-refractivity contribution >= 4 is 12.0 Å². The van der Waals surface area contributed by atoms with Gasteiger partial charge in [-0.2, -0.15) is 5.10 Å². The zero-order chi connectivity index (χ0) is 24.6. The largest absolute Gasteiger partial charge is 0.493 e. The van der Waals surface area contributed by atoms with Gasteiger partial charge in [0, 0.05) is 42.3 Å². The Labute approximate surface area is 203 Å². The van der Waals surface area contributed by atoms with Gasteiger partial charge in [0.05, 0.1) is 27.0 Å². The molecule has 1 N–H and O–H groups in total. The van der Waals surface area contributed by atoms with E-state index in [1.54, 1.807) is 56.6 Å². The van der Waals surface area contributed by atoms with E-state index in [0.717, 1.165) is 28.1 Å². The van der Waals surface area contributed by atoms with E-state index < -0.39 is 0 Å². The molecule has 0 saturated heterocycles. The molecule has 2 heterocycles. The van der Waals surface area contributed by atoms with Gasteiger partial charge in [0.25, 0.3) is 0 Å². The smallest absolute Gasteiger partial charge is 0.244 e. The number of benzene rings is 2. The molecule has 2 aromatic carbocycles. The highest BCUT2D eigenvalue weighted by molar-refractivity contribution is 5.92. The van der Waals surface area contributed by atoms with Gasteiger partial charge in [0.15, 0.2) is 11.5 Å². The summed E-state index contributed by atoms with van der Waals surface area (Å²) in [4.78, 5) is 16.8. The van der Waals surface area contributed by atoms with E-state index in [2.05, 4.69) is 10.3 Å². The topological polar surface area (TPSA) is 87.5 Å². The predicted octanol–water partition coefficient (Wildman–Crippen LogP) is 4.29. The number of carbonyl (C=O) groups is 1. The molecule has 2 aromatic heterocycles. The molecular weight excluding hydrogens is 444 g/mol. The third-order valence-electron chi connectivity index (χ3n) is 5.30. The minimum atomic E-state index is -0.247. The van der Waals surface area contributed by atoms with Gasteiger partial charge in [0.2, 0.25) is 11.7 Å². The highest BCUT2D eigenvalue weighted by atomic mass is 16.5. The maximum atomic E-state index is 12.6. The fraction of sp³-hybridized carbons (Fsp3) is 0.148. The molecule has 0 aliphatic rings. The first-order chi connectivity index (χ1) is 17.1. The summed E-state index contributed by atoms with van der Waals surface area (Å²) in [5, 5.41) is 7.62. The van der Waals surface area contributed by atoms with E-state index in [1.165, 1.54) is 6.08 Å². The van der Waals surface area contributed by atoms with Crippen molar-refractivity contribution in [3.05, 3.63) is 90.4 Å². The van der Waals surface area contributed by atoms with Crippen molar-refractivity contribution in [2.45, 2.75) is 6.54 Å². The number of amides is 1. The summed E-state index contributed by atoms with van der Waals surface area (Å²) in [5.41, 5.74) is 4.12. The molecule has 0 bridgehead atoms. The zero-order valence-corrected chi connectivity index (χ0v) is 19.8. The minimum Gasteiger partial charge on any atom is -0.493 e. The number of carbonyl (C=O) groups excluding carboxylic acids is 1. The number of aromatic nitrogens is 3. The summed E-state index contributed by atoms with van der Waals surface area (Å²) < 4.78 is 17.9. The summed E-state index contributed by atoms with van der Waals surface area (Å²) in [6.45, 7) is 0.290.